The molecule has 2 atom stereocenters. The quantitative estimate of drug-likeness (QED) is 0.668. The highest BCUT2D eigenvalue weighted by molar-refractivity contribution is 8.09. The van der Waals surface area contributed by atoms with E-state index in [0.29, 0.717) is 16.5 Å². The van der Waals surface area contributed by atoms with E-state index in [1.807, 2.05) is 12.1 Å². The second-order valence-electron chi connectivity index (χ2n) is 6.82. The van der Waals surface area contributed by atoms with Crippen molar-refractivity contribution in [3.05, 3.63) is 65.7 Å². The molecule has 2 unspecified atom stereocenters. The lowest BCUT2D eigenvalue weighted by atomic mass is 10.1. The molecule has 3 amide bonds. The maximum absolute atomic E-state index is 13.4. The Morgan fingerprint density at radius 3 is 2.83 bits per heavy atom. The third-order valence-electron chi connectivity index (χ3n) is 5.09. The van der Waals surface area contributed by atoms with Gasteiger partial charge in [0.15, 0.2) is 0 Å². The summed E-state index contributed by atoms with van der Waals surface area (Å²) in [7, 11) is 1.58. The zero-order chi connectivity index (χ0) is 20.8. The first kappa shape index (κ1) is 18.9. The number of amides is 3. The number of fused-ring (bicyclic) bond motifs is 2. The number of carbonyl (C=O) groups is 2. The summed E-state index contributed by atoms with van der Waals surface area (Å²) < 4.78 is 5.29. The van der Waals surface area contributed by atoms with Gasteiger partial charge in [0.2, 0.25) is 0 Å². The molecule has 0 spiro atoms. The van der Waals surface area contributed by atoms with Gasteiger partial charge >= 0.3 is 6.03 Å². The minimum atomic E-state index is -0.503. The summed E-state index contributed by atoms with van der Waals surface area (Å²) in [5.41, 5.74) is 1.20. The Balaban J connectivity index is 1.50. The fraction of sp³-hybridized carbons (Fsp3) is 0.143. The average molecular weight is 439 g/mol. The summed E-state index contributed by atoms with van der Waals surface area (Å²) >= 11 is 7.76. The van der Waals surface area contributed by atoms with E-state index in [1.54, 1.807) is 43.9 Å². The van der Waals surface area contributed by atoms with E-state index in [0.717, 1.165) is 26.1 Å². The number of hydrogen-bond donors (Lipinski definition) is 1. The van der Waals surface area contributed by atoms with E-state index in [9.17, 15) is 9.59 Å². The van der Waals surface area contributed by atoms with Gasteiger partial charge in [0.05, 0.1) is 25.0 Å². The third-order valence-corrected chi connectivity index (χ3v) is 6.77. The molecule has 2 aromatic heterocycles. The maximum Gasteiger partial charge on any atom is 0.329 e. The van der Waals surface area contributed by atoms with Gasteiger partial charge in [0.25, 0.3) is 5.91 Å². The number of pyridine rings is 2. The van der Waals surface area contributed by atoms with Crippen molar-refractivity contribution in [3.63, 3.8) is 0 Å². The summed E-state index contributed by atoms with van der Waals surface area (Å²) in [4.78, 5) is 36.5. The van der Waals surface area contributed by atoms with E-state index < -0.39 is 17.3 Å². The number of nitrogens with zero attached hydrogens (tertiary/aromatic N) is 3. The van der Waals surface area contributed by atoms with Gasteiger partial charge in [-0.2, -0.15) is 0 Å². The number of benzene rings is 1. The Morgan fingerprint density at radius 2 is 2.00 bits per heavy atom. The van der Waals surface area contributed by atoms with E-state index in [1.165, 1.54) is 18.0 Å². The van der Waals surface area contributed by atoms with Crippen molar-refractivity contribution in [1.29, 1.82) is 0 Å². The highest BCUT2D eigenvalue weighted by Gasteiger charge is 2.45. The number of ether oxygens (including phenoxy) is 1. The van der Waals surface area contributed by atoms with Crippen LogP contribution in [0.15, 0.2) is 55.1 Å². The Morgan fingerprint density at radius 1 is 1.17 bits per heavy atom. The van der Waals surface area contributed by atoms with Gasteiger partial charge in [0.1, 0.15) is 11.0 Å². The van der Waals surface area contributed by atoms with Crippen LogP contribution in [0.4, 0.5) is 10.5 Å². The predicted molar refractivity (Wildman–Crippen MR) is 117 cm³/mol. The molecular weight excluding hydrogens is 424 g/mol. The largest absolute Gasteiger partial charge is 0.497 e. The summed E-state index contributed by atoms with van der Waals surface area (Å²) in [5, 5.41) is 4.45. The molecule has 0 aliphatic carbocycles. The van der Waals surface area contributed by atoms with Crippen molar-refractivity contribution < 1.29 is 14.3 Å². The van der Waals surface area contributed by atoms with Crippen molar-refractivity contribution >= 4 is 56.7 Å². The smallest absolute Gasteiger partial charge is 0.329 e. The molecule has 0 radical (unpaired) electrons. The van der Waals surface area contributed by atoms with E-state index in [4.69, 9.17) is 16.3 Å². The van der Waals surface area contributed by atoms with Crippen LogP contribution < -0.4 is 15.0 Å². The van der Waals surface area contributed by atoms with Crippen LogP contribution in [0, 0.1) is 0 Å². The predicted octanol–water partition coefficient (Wildman–Crippen LogP) is 3.87. The summed E-state index contributed by atoms with van der Waals surface area (Å²) in [6.07, 6.45) is 8.31. The lowest BCUT2D eigenvalue weighted by Gasteiger charge is -2.33. The van der Waals surface area contributed by atoms with E-state index >= 15 is 0 Å². The molecule has 1 saturated heterocycles. The van der Waals surface area contributed by atoms with Gasteiger partial charge in [-0.25, -0.2) is 9.69 Å². The molecule has 1 N–H and O–H groups in total. The minimum Gasteiger partial charge on any atom is -0.497 e. The molecule has 2 aliphatic heterocycles. The summed E-state index contributed by atoms with van der Waals surface area (Å²) in [6, 6.07) is 6.21. The number of carbonyl (C=O) groups excluding carboxylic acids is 2. The minimum absolute atomic E-state index is 0.301. The van der Waals surface area contributed by atoms with Crippen LogP contribution in [0.2, 0.25) is 5.02 Å². The van der Waals surface area contributed by atoms with Gasteiger partial charge in [0, 0.05) is 44.9 Å². The first-order valence-electron chi connectivity index (χ1n) is 9.11. The Bertz CT molecular complexity index is 1230. The molecule has 2 aliphatic rings. The van der Waals surface area contributed by atoms with Crippen molar-refractivity contribution in [2.45, 2.75) is 11.3 Å². The molecule has 0 saturated carbocycles. The molecule has 9 heteroatoms. The number of rotatable bonds is 3. The van der Waals surface area contributed by atoms with Crippen LogP contribution in [-0.2, 0) is 4.79 Å². The molecule has 4 heterocycles. The molecule has 1 fully saturated rings. The lowest BCUT2D eigenvalue weighted by Crippen LogP contribution is -2.60. The number of anilines is 1. The molecule has 30 heavy (non-hydrogen) atoms. The monoisotopic (exact) mass is 438 g/mol. The van der Waals surface area contributed by atoms with Crippen LogP contribution in [0.5, 0.6) is 5.75 Å². The number of imide groups is 1. The topological polar surface area (TPSA) is 84.4 Å². The Labute approximate surface area is 181 Å². The SMILES string of the molecule is COc1ccc(Cl)c(C2=CC3NC(=O)N(c4cncc5cnccc45)C(=O)C3S2)c1. The molecule has 5 rings (SSSR count). The fourth-order valence-electron chi connectivity index (χ4n) is 3.64. The van der Waals surface area contributed by atoms with Gasteiger partial charge in [-0.15, -0.1) is 11.8 Å². The van der Waals surface area contributed by atoms with Crippen LogP contribution in [-0.4, -0.2) is 40.3 Å². The normalized spacial score (nSPS) is 20.7. The van der Waals surface area contributed by atoms with E-state index in [-0.39, 0.29) is 5.91 Å². The van der Waals surface area contributed by atoms with Gasteiger partial charge in [-0.3, -0.25) is 14.8 Å². The third kappa shape index (κ3) is 3.00. The lowest BCUT2D eigenvalue weighted by molar-refractivity contribution is -0.118. The first-order chi connectivity index (χ1) is 14.6. The molecule has 7 nitrogen and oxygen atoms in total. The number of aromatic nitrogens is 2. The molecule has 150 valence electrons. The van der Waals surface area contributed by atoms with Crippen molar-refractivity contribution in [2.75, 3.05) is 12.0 Å². The molecule has 3 aromatic rings. The molecule has 1 aromatic carbocycles. The molecule has 0 bridgehead atoms. The van der Waals surface area contributed by atoms with Crippen molar-refractivity contribution in [1.82, 2.24) is 15.3 Å². The number of thioether (sulfide) groups is 1. The molecular formula is C21H15ClN4O3S. The number of hydrogen-bond acceptors (Lipinski definition) is 6. The standard InChI is InChI=1S/C21H15ClN4O3S/c1-29-12-2-3-15(22)14(6-12)18-7-16-19(30-18)20(27)26(21(28)25-16)17-10-24-9-11-8-23-5-4-13(11)17/h2-10,16,19H,1H3,(H,25,28). The van der Waals surface area contributed by atoms with Crippen LogP contribution >= 0.6 is 23.4 Å². The highest BCUT2D eigenvalue weighted by atomic mass is 35.5. The number of nitrogens with one attached hydrogen (secondary N) is 1. The fourth-order valence-corrected chi connectivity index (χ4v) is 5.21. The second-order valence-corrected chi connectivity index (χ2v) is 8.41. The van der Waals surface area contributed by atoms with Crippen LogP contribution in [0.3, 0.4) is 0 Å². The zero-order valence-electron chi connectivity index (χ0n) is 15.7. The number of halogens is 1. The van der Waals surface area contributed by atoms with Crippen LogP contribution in [0.1, 0.15) is 5.56 Å². The average Bonchev–Trinajstić information content (AvgIpc) is 3.18. The highest BCUT2D eigenvalue weighted by Crippen LogP contribution is 2.45. The number of urea groups is 1. The first-order valence-corrected chi connectivity index (χ1v) is 10.4. The van der Waals surface area contributed by atoms with Crippen LogP contribution in [0.25, 0.3) is 15.7 Å². The van der Waals surface area contributed by atoms with Gasteiger partial charge in [-0.05, 0) is 30.3 Å². The van der Waals surface area contributed by atoms with Crippen molar-refractivity contribution in [3.8, 4) is 5.75 Å². The van der Waals surface area contributed by atoms with E-state index in [2.05, 4.69) is 15.3 Å². The number of methoxy groups -OCH3 is 1. The summed E-state index contributed by atoms with van der Waals surface area (Å²) in [5.74, 6) is 0.364. The Hall–Kier alpha value is -3.10. The second kappa shape index (κ2) is 7.30. The summed E-state index contributed by atoms with van der Waals surface area (Å²) in [6.45, 7) is 0. The maximum atomic E-state index is 13.4. The van der Waals surface area contributed by atoms with Crippen molar-refractivity contribution in [2.24, 2.45) is 0 Å². The Kier molecular flexibility index (Phi) is 4.60. The van der Waals surface area contributed by atoms with Gasteiger partial charge < -0.3 is 10.1 Å². The van der Waals surface area contributed by atoms with Gasteiger partial charge in [-0.1, -0.05) is 11.6 Å². The zero-order valence-corrected chi connectivity index (χ0v) is 17.3.